The first-order chi connectivity index (χ1) is 15.1. The van der Waals surface area contributed by atoms with Crippen LogP contribution in [0.25, 0.3) is 0 Å². The van der Waals surface area contributed by atoms with Gasteiger partial charge in [-0.1, -0.05) is 47.5 Å². The summed E-state index contributed by atoms with van der Waals surface area (Å²) in [6.45, 7) is 10.4. The van der Waals surface area contributed by atoms with Crippen LogP contribution >= 0.6 is 15.9 Å². The van der Waals surface area contributed by atoms with Crippen molar-refractivity contribution in [2.75, 3.05) is 18.4 Å². The zero-order chi connectivity index (χ0) is 23.6. The molecule has 0 aromatic heterocycles. The molecule has 1 amide bonds. The molecule has 0 spiro atoms. The van der Waals surface area contributed by atoms with Crippen molar-refractivity contribution >= 4 is 37.5 Å². The van der Waals surface area contributed by atoms with Crippen LogP contribution in [0.5, 0.6) is 0 Å². The number of carbonyl (C=O) groups excluding carboxylic acids is 1. The Bertz CT molecular complexity index is 1080. The zero-order valence-electron chi connectivity index (χ0n) is 19.6. The molecule has 7 heteroatoms. The van der Waals surface area contributed by atoms with E-state index in [1.54, 1.807) is 0 Å². The van der Waals surface area contributed by atoms with Gasteiger partial charge >= 0.3 is 0 Å². The molecule has 1 N–H and O–H groups in total. The van der Waals surface area contributed by atoms with Crippen LogP contribution in [0.15, 0.2) is 33.6 Å². The Kier molecular flexibility index (Phi) is 7.84. The van der Waals surface area contributed by atoms with Crippen molar-refractivity contribution in [3.63, 3.8) is 0 Å². The number of halogens is 1. The van der Waals surface area contributed by atoms with Gasteiger partial charge in [-0.3, -0.25) is 4.79 Å². The molecule has 2 aromatic rings. The maximum Gasteiger partial charge on any atom is 0.243 e. The number of benzene rings is 2. The summed E-state index contributed by atoms with van der Waals surface area (Å²) in [5.74, 6) is -0.475. The molecule has 0 radical (unpaired) electrons. The highest BCUT2D eigenvalue weighted by molar-refractivity contribution is 9.10. The van der Waals surface area contributed by atoms with Gasteiger partial charge < -0.3 is 5.32 Å². The van der Waals surface area contributed by atoms with E-state index in [2.05, 4.69) is 35.1 Å². The monoisotopic (exact) mass is 520 g/mol. The Morgan fingerprint density at radius 3 is 2.16 bits per heavy atom. The lowest BCUT2D eigenvalue weighted by molar-refractivity contribution is -0.120. The van der Waals surface area contributed by atoms with E-state index >= 15 is 0 Å². The normalized spacial score (nSPS) is 17.4. The van der Waals surface area contributed by atoms with Gasteiger partial charge in [-0.15, -0.1) is 0 Å². The molecule has 32 heavy (non-hydrogen) atoms. The van der Waals surface area contributed by atoms with Crippen molar-refractivity contribution in [2.24, 2.45) is 5.92 Å². The minimum Gasteiger partial charge on any atom is -0.325 e. The Morgan fingerprint density at radius 1 is 1.06 bits per heavy atom. The highest BCUT2D eigenvalue weighted by atomic mass is 79.9. The summed E-state index contributed by atoms with van der Waals surface area (Å²) in [6, 6.07) is 7.88. The highest BCUT2D eigenvalue weighted by Gasteiger charge is 2.35. The molecule has 3 rings (SSSR count). The van der Waals surface area contributed by atoms with Crippen molar-refractivity contribution in [2.45, 2.75) is 65.2 Å². The minimum atomic E-state index is -3.66. The fraction of sp³-hybridized carbons (Fsp3) is 0.480. The van der Waals surface area contributed by atoms with Crippen molar-refractivity contribution in [1.29, 1.82) is 0 Å². The predicted molar refractivity (Wildman–Crippen MR) is 134 cm³/mol. The average Bonchev–Trinajstić information content (AvgIpc) is 2.73. The first kappa shape index (κ1) is 24.9. The lowest BCUT2D eigenvalue weighted by Crippen LogP contribution is -2.44. The van der Waals surface area contributed by atoms with Crippen LogP contribution in [0.1, 0.15) is 54.5 Å². The summed E-state index contributed by atoms with van der Waals surface area (Å²) in [4.78, 5) is 13.6. The number of sulfonamides is 1. The van der Waals surface area contributed by atoms with E-state index in [4.69, 9.17) is 0 Å². The smallest absolute Gasteiger partial charge is 0.243 e. The molecule has 1 unspecified atom stereocenters. The molecular weight excluding hydrogens is 488 g/mol. The number of aryl methyl sites for hydroxylation is 5. The lowest BCUT2D eigenvalue weighted by Gasteiger charge is -2.32. The first-order valence-electron chi connectivity index (χ1n) is 11.3. The quantitative estimate of drug-likeness (QED) is 0.543. The van der Waals surface area contributed by atoms with Gasteiger partial charge in [0, 0.05) is 23.2 Å². The molecule has 174 valence electrons. The second kappa shape index (κ2) is 10.1. The number of hydrogen-bond acceptors (Lipinski definition) is 3. The summed E-state index contributed by atoms with van der Waals surface area (Å²) in [7, 11) is -3.66. The van der Waals surface area contributed by atoms with Crippen molar-refractivity contribution < 1.29 is 13.2 Å². The summed E-state index contributed by atoms with van der Waals surface area (Å²) < 4.78 is 29.5. The summed E-state index contributed by atoms with van der Waals surface area (Å²) >= 11 is 3.55. The van der Waals surface area contributed by atoms with E-state index in [1.807, 2.05) is 45.0 Å². The number of nitrogens with one attached hydrogen (secondary N) is 1. The number of piperidine rings is 1. The Labute approximate surface area is 200 Å². The average molecular weight is 522 g/mol. The molecule has 0 saturated carbocycles. The van der Waals surface area contributed by atoms with Crippen molar-refractivity contribution in [3.05, 3.63) is 56.6 Å². The van der Waals surface area contributed by atoms with E-state index in [0.29, 0.717) is 24.3 Å². The molecule has 1 aliphatic rings. The molecule has 1 heterocycles. The highest BCUT2D eigenvalue weighted by Crippen LogP contribution is 2.31. The zero-order valence-corrected chi connectivity index (χ0v) is 22.0. The van der Waals surface area contributed by atoms with E-state index in [0.717, 1.165) is 50.8 Å². The summed E-state index contributed by atoms with van der Waals surface area (Å²) in [5, 5.41) is 3.14. The lowest BCUT2D eigenvalue weighted by atomic mass is 9.97. The second-order valence-electron chi connectivity index (χ2n) is 8.73. The number of carbonyl (C=O) groups is 1. The Hall–Kier alpha value is -1.70. The maximum absolute atomic E-state index is 13.5. The van der Waals surface area contributed by atoms with Gasteiger partial charge in [0.1, 0.15) is 0 Å². The number of rotatable bonds is 6. The van der Waals surface area contributed by atoms with Crippen LogP contribution < -0.4 is 5.32 Å². The molecule has 1 atom stereocenters. The van der Waals surface area contributed by atoms with Crippen LogP contribution in [0.2, 0.25) is 0 Å². The number of amides is 1. The van der Waals surface area contributed by atoms with Gasteiger partial charge in [0.15, 0.2) is 0 Å². The first-order valence-corrected chi connectivity index (χ1v) is 13.5. The predicted octanol–water partition coefficient (Wildman–Crippen LogP) is 5.54. The minimum absolute atomic E-state index is 0.103. The van der Waals surface area contributed by atoms with Crippen LogP contribution in [-0.2, 0) is 27.7 Å². The molecule has 1 aliphatic heterocycles. The van der Waals surface area contributed by atoms with E-state index in [1.165, 1.54) is 4.31 Å². The van der Waals surface area contributed by atoms with Crippen molar-refractivity contribution in [3.8, 4) is 0 Å². The largest absolute Gasteiger partial charge is 0.325 e. The Balaban J connectivity index is 1.85. The molecule has 2 aromatic carbocycles. The second-order valence-corrected chi connectivity index (χ2v) is 11.5. The standard InChI is InChI=1S/C25H33BrN2O3S/c1-6-19-13-22(26)14-20(7-2)23(19)27-25(29)21-9-8-10-28(15-21)32(30,31)24-17(4)11-16(3)12-18(24)5/h11-14,21H,6-10,15H2,1-5H3,(H,27,29). The van der Waals surface area contributed by atoms with Gasteiger partial charge in [0.2, 0.25) is 15.9 Å². The summed E-state index contributed by atoms with van der Waals surface area (Å²) in [5.41, 5.74) is 5.58. The van der Waals surface area contributed by atoms with E-state index < -0.39 is 10.0 Å². The van der Waals surface area contributed by atoms with Crippen LogP contribution in [0.3, 0.4) is 0 Å². The molecule has 0 aliphatic carbocycles. The number of hydrogen-bond donors (Lipinski definition) is 1. The molecule has 1 fully saturated rings. The molecule has 5 nitrogen and oxygen atoms in total. The molecular formula is C25H33BrN2O3S. The van der Waals surface area contributed by atoms with Gasteiger partial charge in [0.05, 0.1) is 10.8 Å². The van der Waals surface area contributed by atoms with Crippen molar-refractivity contribution in [1.82, 2.24) is 4.31 Å². The van der Waals surface area contributed by atoms with Gasteiger partial charge in [-0.25, -0.2) is 8.42 Å². The summed E-state index contributed by atoms with van der Waals surface area (Å²) in [6.07, 6.45) is 2.96. The third kappa shape index (κ3) is 5.10. The number of anilines is 1. The maximum atomic E-state index is 13.5. The van der Waals surface area contributed by atoms with Gasteiger partial charge in [0.25, 0.3) is 0 Å². The third-order valence-corrected chi connectivity index (χ3v) is 8.86. The third-order valence-electron chi connectivity index (χ3n) is 6.23. The Morgan fingerprint density at radius 2 is 1.62 bits per heavy atom. The molecule has 0 bridgehead atoms. The fourth-order valence-corrected chi connectivity index (χ4v) is 7.23. The van der Waals surface area contributed by atoms with Gasteiger partial charge in [-0.05, 0) is 80.8 Å². The fourth-order valence-electron chi connectivity index (χ4n) is 4.75. The van der Waals surface area contributed by atoms with Crippen LogP contribution in [-0.4, -0.2) is 31.7 Å². The van der Waals surface area contributed by atoms with E-state index in [-0.39, 0.29) is 18.4 Å². The molecule has 1 saturated heterocycles. The van der Waals surface area contributed by atoms with E-state index in [9.17, 15) is 13.2 Å². The number of nitrogens with zero attached hydrogens (tertiary/aromatic N) is 1. The van der Waals surface area contributed by atoms with Crippen LogP contribution in [0, 0.1) is 26.7 Å². The van der Waals surface area contributed by atoms with Crippen LogP contribution in [0.4, 0.5) is 5.69 Å². The van der Waals surface area contributed by atoms with Gasteiger partial charge in [-0.2, -0.15) is 4.31 Å². The SMILES string of the molecule is CCc1cc(Br)cc(CC)c1NC(=O)C1CCCN(S(=O)(=O)c2c(C)cc(C)cc2C)C1. The topological polar surface area (TPSA) is 66.5 Å².